The topological polar surface area (TPSA) is 49.4 Å². The fourth-order valence-electron chi connectivity index (χ4n) is 3.11. The number of nitrogens with one attached hydrogen (secondary N) is 1. The third-order valence-corrected chi connectivity index (χ3v) is 4.70. The first-order valence-corrected chi connectivity index (χ1v) is 9.84. The number of hydrogen-bond acceptors (Lipinski definition) is 2. The second-order valence-electron chi connectivity index (χ2n) is 6.98. The summed E-state index contributed by atoms with van der Waals surface area (Å²) in [6.07, 6.45) is 3.47. The lowest BCUT2D eigenvalue weighted by molar-refractivity contribution is -0.139. The molecule has 0 bridgehead atoms. The predicted octanol–water partition coefficient (Wildman–Crippen LogP) is 4.09. The molecule has 0 aliphatic carbocycles. The third-order valence-electron chi connectivity index (χ3n) is 4.70. The Bertz CT molecular complexity index is 747. The molecular formula is C23H29FN2O2. The van der Waals surface area contributed by atoms with E-state index in [-0.39, 0.29) is 24.2 Å². The molecule has 5 heteroatoms. The Hall–Kier alpha value is -2.69. The molecule has 2 rings (SSSR count). The van der Waals surface area contributed by atoms with Crippen LogP contribution in [-0.4, -0.2) is 29.3 Å². The summed E-state index contributed by atoms with van der Waals surface area (Å²) < 4.78 is 13.2. The van der Waals surface area contributed by atoms with Gasteiger partial charge in [-0.2, -0.15) is 0 Å². The smallest absolute Gasteiger partial charge is 0.243 e. The average molecular weight is 384 g/mol. The first-order valence-electron chi connectivity index (χ1n) is 9.84. The van der Waals surface area contributed by atoms with Gasteiger partial charge in [0.2, 0.25) is 11.8 Å². The van der Waals surface area contributed by atoms with Crippen LogP contribution in [0.25, 0.3) is 0 Å². The van der Waals surface area contributed by atoms with Gasteiger partial charge in [-0.1, -0.05) is 62.2 Å². The number of nitrogens with zero attached hydrogens (tertiary/aromatic N) is 1. The van der Waals surface area contributed by atoms with Crippen LogP contribution >= 0.6 is 0 Å². The summed E-state index contributed by atoms with van der Waals surface area (Å²) in [5.74, 6) is -0.668. The molecule has 0 aromatic heterocycles. The van der Waals surface area contributed by atoms with Crippen LogP contribution in [0.2, 0.25) is 0 Å². The third kappa shape index (κ3) is 6.80. The number of carbonyl (C=O) groups is 2. The lowest BCUT2D eigenvalue weighted by atomic mass is 10.0. The van der Waals surface area contributed by atoms with Crippen molar-refractivity contribution in [2.75, 3.05) is 6.54 Å². The normalized spacial score (nSPS) is 11.7. The van der Waals surface area contributed by atoms with Crippen molar-refractivity contribution >= 4 is 11.8 Å². The quantitative estimate of drug-likeness (QED) is 0.627. The van der Waals surface area contributed by atoms with E-state index in [0.717, 1.165) is 30.4 Å². The van der Waals surface area contributed by atoms with E-state index in [9.17, 15) is 14.0 Å². The predicted molar refractivity (Wildman–Crippen MR) is 109 cm³/mol. The van der Waals surface area contributed by atoms with Gasteiger partial charge in [-0.3, -0.25) is 9.59 Å². The maximum Gasteiger partial charge on any atom is 0.243 e. The Kier molecular flexibility index (Phi) is 8.66. The van der Waals surface area contributed by atoms with Crippen LogP contribution in [0.3, 0.4) is 0 Å². The van der Waals surface area contributed by atoms with E-state index in [1.165, 1.54) is 19.1 Å². The molecule has 0 spiro atoms. The Morgan fingerprint density at radius 2 is 1.68 bits per heavy atom. The van der Waals surface area contributed by atoms with Crippen molar-refractivity contribution in [1.82, 2.24) is 10.2 Å². The fourth-order valence-corrected chi connectivity index (χ4v) is 3.11. The number of hydrogen-bond donors (Lipinski definition) is 1. The fraction of sp³-hybridized carbons (Fsp3) is 0.391. The van der Waals surface area contributed by atoms with Crippen molar-refractivity contribution in [2.24, 2.45) is 0 Å². The highest BCUT2D eigenvalue weighted by Crippen LogP contribution is 2.15. The first kappa shape index (κ1) is 21.6. The van der Waals surface area contributed by atoms with Gasteiger partial charge in [0, 0.05) is 26.4 Å². The second-order valence-corrected chi connectivity index (χ2v) is 6.98. The minimum atomic E-state index is -0.619. The van der Waals surface area contributed by atoms with Crippen molar-refractivity contribution in [3.63, 3.8) is 0 Å². The van der Waals surface area contributed by atoms with Crippen LogP contribution in [-0.2, 0) is 22.6 Å². The van der Waals surface area contributed by atoms with E-state index in [2.05, 4.69) is 12.2 Å². The van der Waals surface area contributed by atoms with Gasteiger partial charge in [0.05, 0.1) is 0 Å². The van der Waals surface area contributed by atoms with Crippen LogP contribution in [0.5, 0.6) is 0 Å². The van der Waals surface area contributed by atoms with Gasteiger partial charge in [-0.25, -0.2) is 4.39 Å². The Balaban J connectivity index is 2.20. The number of benzene rings is 2. The molecule has 0 heterocycles. The summed E-state index contributed by atoms with van der Waals surface area (Å²) in [5.41, 5.74) is 1.77. The highest BCUT2D eigenvalue weighted by atomic mass is 19.1. The van der Waals surface area contributed by atoms with Gasteiger partial charge in [0.15, 0.2) is 0 Å². The highest BCUT2D eigenvalue weighted by molar-refractivity contribution is 5.87. The maximum absolute atomic E-state index is 13.2. The number of halogens is 1. The number of unbranched alkanes of at least 4 members (excludes halogenated alkanes) is 2. The Morgan fingerprint density at radius 1 is 1.00 bits per heavy atom. The maximum atomic E-state index is 13.2. The monoisotopic (exact) mass is 384 g/mol. The van der Waals surface area contributed by atoms with E-state index in [1.807, 2.05) is 30.3 Å². The molecule has 2 amide bonds. The van der Waals surface area contributed by atoms with Crippen LogP contribution in [0.15, 0.2) is 54.6 Å². The summed E-state index contributed by atoms with van der Waals surface area (Å²) >= 11 is 0. The van der Waals surface area contributed by atoms with Crippen molar-refractivity contribution in [1.29, 1.82) is 0 Å². The largest absolute Gasteiger partial charge is 0.354 e. The van der Waals surface area contributed by atoms with Crippen molar-refractivity contribution in [3.8, 4) is 0 Å². The SMILES string of the molecule is CCCCCNC(=O)[C@@H](Cc1ccccc1)N(Cc1ccc(F)cc1)C(C)=O. The minimum absolute atomic E-state index is 0.155. The van der Waals surface area contributed by atoms with Crippen LogP contribution in [0, 0.1) is 5.82 Å². The van der Waals surface area contributed by atoms with E-state index in [1.54, 1.807) is 17.0 Å². The molecule has 0 radical (unpaired) electrons. The molecule has 0 fully saturated rings. The van der Waals surface area contributed by atoms with Gasteiger partial charge in [0.25, 0.3) is 0 Å². The number of rotatable bonds is 10. The van der Waals surface area contributed by atoms with E-state index in [0.29, 0.717) is 13.0 Å². The molecule has 0 aliphatic heterocycles. The Morgan fingerprint density at radius 3 is 2.29 bits per heavy atom. The van der Waals surface area contributed by atoms with Gasteiger partial charge in [0.1, 0.15) is 11.9 Å². The summed E-state index contributed by atoms with van der Waals surface area (Å²) in [4.78, 5) is 26.9. The van der Waals surface area contributed by atoms with Crippen LogP contribution < -0.4 is 5.32 Å². The van der Waals surface area contributed by atoms with E-state index in [4.69, 9.17) is 0 Å². The van der Waals surface area contributed by atoms with Crippen LogP contribution in [0.1, 0.15) is 44.2 Å². The molecule has 1 atom stereocenters. The summed E-state index contributed by atoms with van der Waals surface area (Å²) in [6, 6.07) is 15.1. The number of carbonyl (C=O) groups excluding carboxylic acids is 2. The molecule has 0 aliphatic rings. The lowest BCUT2D eigenvalue weighted by Gasteiger charge is -2.30. The van der Waals surface area contributed by atoms with Crippen molar-refractivity contribution in [2.45, 2.75) is 52.1 Å². The van der Waals surface area contributed by atoms with Gasteiger partial charge in [-0.15, -0.1) is 0 Å². The molecule has 0 saturated carbocycles. The molecule has 2 aromatic carbocycles. The van der Waals surface area contributed by atoms with Gasteiger partial charge >= 0.3 is 0 Å². The molecule has 0 saturated heterocycles. The second kappa shape index (κ2) is 11.2. The summed E-state index contributed by atoms with van der Waals surface area (Å²) in [6.45, 7) is 4.43. The molecule has 4 nitrogen and oxygen atoms in total. The molecule has 2 aromatic rings. The average Bonchev–Trinajstić information content (AvgIpc) is 2.70. The van der Waals surface area contributed by atoms with E-state index < -0.39 is 6.04 Å². The van der Waals surface area contributed by atoms with Gasteiger partial charge in [-0.05, 0) is 29.7 Å². The molecule has 0 unspecified atom stereocenters. The minimum Gasteiger partial charge on any atom is -0.354 e. The number of amides is 2. The van der Waals surface area contributed by atoms with Crippen molar-refractivity contribution in [3.05, 3.63) is 71.5 Å². The van der Waals surface area contributed by atoms with E-state index >= 15 is 0 Å². The first-order chi connectivity index (χ1) is 13.5. The molecular weight excluding hydrogens is 355 g/mol. The highest BCUT2D eigenvalue weighted by Gasteiger charge is 2.28. The van der Waals surface area contributed by atoms with Crippen LogP contribution in [0.4, 0.5) is 4.39 Å². The lowest BCUT2D eigenvalue weighted by Crippen LogP contribution is -2.50. The van der Waals surface area contributed by atoms with Crippen molar-refractivity contribution < 1.29 is 14.0 Å². The zero-order valence-corrected chi connectivity index (χ0v) is 16.7. The summed E-state index contributed by atoms with van der Waals surface area (Å²) in [7, 11) is 0. The zero-order chi connectivity index (χ0) is 20.4. The molecule has 28 heavy (non-hydrogen) atoms. The molecule has 1 N–H and O–H groups in total. The Labute approximate surface area is 166 Å². The summed E-state index contributed by atoms with van der Waals surface area (Å²) in [5, 5.41) is 2.98. The van der Waals surface area contributed by atoms with Gasteiger partial charge < -0.3 is 10.2 Å². The molecule has 150 valence electrons. The standard InChI is InChI=1S/C23H29FN2O2/c1-3-4-8-15-25-23(28)22(16-19-9-6-5-7-10-19)26(18(2)27)17-20-11-13-21(24)14-12-20/h5-7,9-14,22H,3-4,8,15-17H2,1-2H3,(H,25,28)/t22-/m1/s1. The zero-order valence-electron chi connectivity index (χ0n) is 16.7.